The van der Waals surface area contributed by atoms with Crippen molar-refractivity contribution in [3.05, 3.63) is 200 Å². The zero-order valence-corrected chi connectivity index (χ0v) is 29.2. The first-order valence-electron chi connectivity index (χ1n) is 17.8. The predicted octanol–water partition coefficient (Wildman–Crippen LogP) is 14.8. The van der Waals surface area contributed by atoms with Gasteiger partial charge in [-0.1, -0.05) is 152 Å². The van der Waals surface area contributed by atoms with Gasteiger partial charge in [0.05, 0.1) is 5.69 Å². The van der Waals surface area contributed by atoms with Crippen LogP contribution in [0.3, 0.4) is 0 Å². The summed E-state index contributed by atoms with van der Waals surface area (Å²) in [5, 5.41) is 7.63. The lowest BCUT2D eigenvalue weighted by molar-refractivity contribution is 1.30. The SMILES string of the molecule is c1cc(-c2ccc(N(c3ccc(-c4ccc5c(c4)sc4ccccc45)cc3)c3cccc4ccccc34)cc2)cc(-c2cccc3ccccc23)c1. The molecule has 0 radical (unpaired) electrons. The largest absolute Gasteiger partial charge is 0.310 e. The van der Waals surface area contributed by atoms with E-state index < -0.39 is 0 Å². The molecular weight excluding hydrogens is 647 g/mol. The topological polar surface area (TPSA) is 3.24 Å². The van der Waals surface area contributed by atoms with Gasteiger partial charge in [-0.15, -0.1) is 11.3 Å². The number of nitrogens with zero attached hydrogens (tertiary/aromatic N) is 1. The van der Waals surface area contributed by atoms with E-state index in [0.29, 0.717) is 0 Å². The maximum Gasteiger partial charge on any atom is 0.0540 e. The fourth-order valence-corrected chi connectivity index (χ4v) is 8.83. The monoisotopic (exact) mass is 679 g/mol. The van der Waals surface area contributed by atoms with Gasteiger partial charge in [-0.25, -0.2) is 0 Å². The van der Waals surface area contributed by atoms with Crippen LogP contribution < -0.4 is 4.90 Å². The minimum Gasteiger partial charge on any atom is -0.310 e. The molecule has 0 aliphatic carbocycles. The molecule has 0 aliphatic heterocycles. The van der Waals surface area contributed by atoms with Gasteiger partial charge in [0.2, 0.25) is 0 Å². The molecule has 2 heteroatoms. The number of benzene rings is 9. The Morgan fingerprint density at radius 1 is 0.308 bits per heavy atom. The van der Waals surface area contributed by atoms with Crippen LogP contribution in [0.4, 0.5) is 17.1 Å². The summed E-state index contributed by atoms with van der Waals surface area (Å²) in [6.45, 7) is 0. The van der Waals surface area contributed by atoms with Crippen molar-refractivity contribution in [1.82, 2.24) is 0 Å². The van der Waals surface area contributed by atoms with Crippen molar-refractivity contribution in [2.45, 2.75) is 0 Å². The molecule has 0 N–H and O–H groups in total. The molecule has 0 atom stereocenters. The molecule has 1 nitrogen and oxygen atoms in total. The Labute approximate surface area is 307 Å². The van der Waals surface area contributed by atoms with Crippen LogP contribution in [-0.2, 0) is 0 Å². The number of hydrogen-bond acceptors (Lipinski definition) is 2. The summed E-state index contributed by atoms with van der Waals surface area (Å²) in [4.78, 5) is 2.39. The molecule has 10 aromatic rings. The molecule has 0 saturated heterocycles. The number of rotatable bonds is 6. The second-order valence-corrected chi connectivity index (χ2v) is 14.4. The fraction of sp³-hybridized carbons (Fsp3) is 0. The van der Waals surface area contributed by atoms with Crippen molar-refractivity contribution in [2.24, 2.45) is 0 Å². The first kappa shape index (κ1) is 30.4. The van der Waals surface area contributed by atoms with E-state index >= 15 is 0 Å². The van der Waals surface area contributed by atoms with Crippen LogP contribution in [0.25, 0.3) is 75.1 Å². The number of anilines is 3. The van der Waals surface area contributed by atoms with E-state index in [0.717, 1.165) is 17.1 Å². The van der Waals surface area contributed by atoms with Crippen molar-refractivity contribution in [2.75, 3.05) is 4.90 Å². The Bertz CT molecular complexity index is 2890. The number of thiophene rings is 1. The van der Waals surface area contributed by atoms with Crippen molar-refractivity contribution in [1.29, 1.82) is 0 Å². The average Bonchev–Trinajstić information content (AvgIpc) is 3.59. The minimum atomic E-state index is 1.12. The van der Waals surface area contributed by atoms with Gasteiger partial charge in [-0.05, 0) is 98.1 Å². The van der Waals surface area contributed by atoms with Crippen LogP contribution >= 0.6 is 11.3 Å². The van der Waals surface area contributed by atoms with Gasteiger partial charge in [0, 0.05) is 36.9 Å². The van der Waals surface area contributed by atoms with Gasteiger partial charge < -0.3 is 4.90 Å². The highest BCUT2D eigenvalue weighted by atomic mass is 32.1. The molecule has 0 saturated carbocycles. The van der Waals surface area contributed by atoms with Crippen molar-refractivity contribution < 1.29 is 0 Å². The lowest BCUT2D eigenvalue weighted by Gasteiger charge is -2.27. The van der Waals surface area contributed by atoms with Gasteiger partial charge in [0.15, 0.2) is 0 Å². The zero-order valence-electron chi connectivity index (χ0n) is 28.4. The first-order chi connectivity index (χ1) is 25.8. The highest BCUT2D eigenvalue weighted by Gasteiger charge is 2.16. The third-order valence-electron chi connectivity index (χ3n) is 10.3. The predicted molar refractivity (Wildman–Crippen MR) is 225 cm³/mol. The maximum atomic E-state index is 2.39. The second-order valence-electron chi connectivity index (χ2n) is 13.3. The molecule has 9 aromatic carbocycles. The summed E-state index contributed by atoms with van der Waals surface area (Å²) in [5.41, 5.74) is 10.7. The zero-order chi connectivity index (χ0) is 34.4. The minimum absolute atomic E-state index is 1.12. The first-order valence-corrected chi connectivity index (χ1v) is 18.6. The quantitative estimate of drug-likeness (QED) is 0.169. The third kappa shape index (κ3) is 5.33. The number of hydrogen-bond donors (Lipinski definition) is 0. The van der Waals surface area contributed by atoms with Gasteiger partial charge in [0.1, 0.15) is 0 Å². The van der Waals surface area contributed by atoms with Crippen LogP contribution in [0.1, 0.15) is 0 Å². The van der Waals surface area contributed by atoms with E-state index in [-0.39, 0.29) is 0 Å². The van der Waals surface area contributed by atoms with E-state index in [9.17, 15) is 0 Å². The van der Waals surface area contributed by atoms with Crippen molar-refractivity contribution in [3.8, 4) is 33.4 Å². The standard InChI is InChI=1S/C50H33NS/c1-3-16-43-36(10-1)12-8-19-44(43)40-15-7-14-38(32-40)34-22-27-41(28-23-34)51(48-20-9-13-37-11-2-4-17-45(37)48)42-29-24-35(25-30-42)39-26-31-47-46-18-5-6-21-49(46)52-50(47)33-39/h1-33H. The van der Waals surface area contributed by atoms with Gasteiger partial charge in [0.25, 0.3) is 0 Å². The van der Waals surface area contributed by atoms with E-state index in [2.05, 4.69) is 205 Å². The van der Waals surface area contributed by atoms with Crippen molar-refractivity contribution >= 4 is 70.1 Å². The summed E-state index contributed by atoms with van der Waals surface area (Å²) in [5.74, 6) is 0. The molecule has 0 aliphatic rings. The van der Waals surface area contributed by atoms with Crippen LogP contribution in [-0.4, -0.2) is 0 Å². The summed E-state index contributed by atoms with van der Waals surface area (Å²) in [6, 6.07) is 72.9. The normalized spacial score (nSPS) is 11.5. The van der Waals surface area contributed by atoms with Crippen LogP contribution in [0.5, 0.6) is 0 Å². The molecule has 0 amide bonds. The van der Waals surface area contributed by atoms with Crippen LogP contribution in [0.2, 0.25) is 0 Å². The van der Waals surface area contributed by atoms with Crippen LogP contribution in [0.15, 0.2) is 200 Å². The molecule has 244 valence electrons. The molecule has 52 heavy (non-hydrogen) atoms. The Kier molecular flexibility index (Phi) is 7.41. The second kappa shape index (κ2) is 12.7. The summed E-state index contributed by atoms with van der Waals surface area (Å²) in [7, 11) is 0. The van der Waals surface area contributed by atoms with Crippen LogP contribution in [0, 0.1) is 0 Å². The van der Waals surface area contributed by atoms with Gasteiger partial charge >= 0.3 is 0 Å². The molecule has 1 heterocycles. The van der Waals surface area contributed by atoms with Gasteiger partial charge in [-0.3, -0.25) is 0 Å². The number of fused-ring (bicyclic) bond motifs is 5. The lowest BCUT2D eigenvalue weighted by atomic mass is 9.95. The summed E-state index contributed by atoms with van der Waals surface area (Å²) in [6.07, 6.45) is 0. The molecule has 0 spiro atoms. The molecule has 1 aromatic heterocycles. The molecule has 0 fully saturated rings. The summed E-state index contributed by atoms with van der Waals surface area (Å²) >= 11 is 1.87. The highest BCUT2D eigenvalue weighted by Crippen LogP contribution is 2.41. The Morgan fingerprint density at radius 3 is 1.58 bits per heavy atom. The van der Waals surface area contributed by atoms with E-state index in [1.807, 2.05) is 11.3 Å². The lowest BCUT2D eigenvalue weighted by Crippen LogP contribution is -2.10. The molecule has 0 unspecified atom stereocenters. The molecular formula is C50H33NS. The van der Waals surface area contributed by atoms with Gasteiger partial charge in [-0.2, -0.15) is 0 Å². The maximum absolute atomic E-state index is 2.39. The Morgan fingerprint density at radius 2 is 0.827 bits per heavy atom. The van der Waals surface area contributed by atoms with Crippen molar-refractivity contribution in [3.63, 3.8) is 0 Å². The average molecular weight is 680 g/mol. The Hall–Kier alpha value is -6.48. The Balaban J connectivity index is 1.03. The van der Waals surface area contributed by atoms with E-state index in [1.54, 1.807) is 0 Å². The highest BCUT2D eigenvalue weighted by molar-refractivity contribution is 7.25. The third-order valence-corrected chi connectivity index (χ3v) is 11.4. The molecule has 0 bridgehead atoms. The fourth-order valence-electron chi connectivity index (χ4n) is 7.69. The smallest absolute Gasteiger partial charge is 0.0540 e. The van der Waals surface area contributed by atoms with E-state index in [1.165, 1.54) is 75.1 Å². The van der Waals surface area contributed by atoms with E-state index in [4.69, 9.17) is 0 Å². The molecule has 10 rings (SSSR count). The summed E-state index contributed by atoms with van der Waals surface area (Å²) < 4.78 is 2.65.